The highest BCUT2D eigenvalue weighted by atomic mass is 16.5. The number of ether oxygens (including phenoxy) is 1. The zero-order chi connectivity index (χ0) is 78.6. The Labute approximate surface area is 640 Å². The van der Waals surface area contributed by atoms with Gasteiger partial charge in [0.2, 0.25) is 23.6 Å². The van der Waals surface area contributed by atoms with E-state index in [0.717, 1.165) is 24.0 Å². The number of nitrogen functional groups attached to an aromatic ring is 1. The molecule has 3 unspecified atom stereocenters. The molecule has 2 aromatic heterocycles. The number of H-pyrrole nitrogens is 1. The van der Waals surface area contributed by atoms with E-state index in [1.54, 1.807) is 0 Å². The average Bonchev–Trinajstić information content (AvgIpc) is 1.75. The molecule has 3 atom stereocenters. The van der Waals surface area contributed by atoms with Crippen LogP contribution in [0.4, 0.5) is 5.95 Å². The number of fused-ring (bicyclic) bond motifs is 17. The molecule has 11 rings (SSSR count). The van der Waals surface area contributed by atoms with E-state index in [1.807, 2.05) is 43.9 Å². The lowest BCUT2D eigenvalue weighted by Crippen LogP contribution is -2.49. The molecule has 0 spiro atoms. The van der Waals surface area contributed by atoms with Gasteiger partial charge in [-0.2, -0.15) is 9.97 Å². The molecule has 4 aliphatic rings. The van der Waals surface area contributed by atoms with Gasteiger partial charge in [0.15, 0.2) is 11.2 Å². The molecule has 4 aliphatic heterocycles. The van der Waals surface area contributed by atoms with Gasteiger partial charge in [-0.1, -0.05) is 79.3 Å². The van der Waals surface area contributed by atoms with Crippen molar-refractivity contribution in [3.8, 4) is 28.9 Å². The minimum absolute atomic E-state index is 0.00597. The summed E-state index contributed by atoms with van der Waals surface area (Å²) in [5, 5.41) is 77.6. The van der Waals surface area contributed by atoms with Gasteiger partial charge in [0.05, 0.1) is 39.7 Å². The molecule has 0 aliphatic carbocycles. The van der Waals surface area contributed by atoms with Crippen molar-refractivity contribution in [2.45, 2.75) is 77.0 Å². The van der Waals surface area contributed by atoms with Crippen LogP contribution in [-0.2, 0) is 22.7 Å². The number of benzene rings is 5. The summed E-state index contributed by atoms with van der Waals surface area (Å²) in [5.74, 6) is -8.06. The Bertz CT molecular complexity index is 4360. The average molecular weight is 1530 g/mol. The zero-order valence-electron chi connectivity index (χ0n) is 61.8. The number of nitrogens with zero attached hydrogens (tertiary/aromatic N) is 7. The molecule has 7 aromatic rings. The van der Waals surface area contributed by atoms with Crippen molar-refractivity contribution in [2.75, 3.05) is 137 Å². The third-order valence-electron chi connectivity index (χ3n) is 19.4. The number of aromatic nitrogens is 4. The number of hydrogen-bond acceptors (Lipinski definition) is 23. The van der Waals surface area contributed by atoms with Gasteiger partial charge in [-0.15, -0.1) is 0 Å². The first kappa shape index (κ1) is 81.5. The number of imidazole rings is 1. The quantitative estimate of drug-likeness (QED) is 0.0570. The van der Waals surface area contributed by atoms with Gasteiger partial charge in [-0.3, -0.25) is 67.5 Å². The van der Waals surface area contributed by atoms with E-state index in [0.29, 0.717) is 62.8 Å². The summed E-state index contributed by atoms with van der Waals surface area (Å²) in [6.07, 6.45) is 5.99. The van der Waals surface area contributed by atoms with Crippen molar-refractivity contribution in [1.29, 1.82) is 0 Å². The summed E-state index contributed by atoms with van der Waals surface area (Å²) in [6, 6.07) is 23.6. The monoisotopic (exact) mass is 1530 g/mol. The number of anilines is 1. The summed E-state index contributed by atoms with van der Waals surface area (Å²) in [6.45, 7) is 2.33. The van der Waals surface area contributed by atoms with E-state index < -0.39 is 76.3 Å². The lowest BCUT2D eigenvalue weighted by Gasteiger charge is -2.31. The van der Waals surface area contributed by atoms with Gasteiger partial charge >= 0.3 is 0 Å². The number of aromatic amines is 1. The molecule has 0 saturated carbocycles. The van der Waals surface area contributed by atoms with E-state index in [1.165, 1.54) is 79.1 Å². The number of rotatable bonds is 17. The fourth-order valence-electron chi connectivity index (χ4n) is 13.1. The van der Waals surface area contributed by atoms with E-state index >= 15 is 0 Å². The number of unbranched alkanes of at least 4 members (excludes halogenated alkanes) is 4. The largest absolute Gasteiger partial charge is 0.871 e. The maximum atomic E-state index is 14.7. The van der Waals surface area contributed by atoms with Gasteiger partial charge in [0, 0.05) is 167 Å². The number of phenols is 3. The predicted octanol–water partition coefficient (Wildman–Crippen LogP) is 1.20. The van der Waals surface area contributed by atoms with Crippen LogP contribution in [0.5, 0.6) is 28.9 Å². The molecular weight excluding hydrogens is 1430 g/mol. The lowest BCUT2D eigenvalue weighted by atomic mass is 10.0. The van der Waals surface area contributed by atoms with Gasteiger partial charge < -0.3 is 89.0 Å². The van der Waals surface area contributed by atoms with Gasteiger partial charge in [-0.25, -0.2) is 4.98 Å². The van der Waals surface area contributed by atoms with Gasteiger partial charge in [-0.05, 0) is 79.6 Å². The number of aromatic hydroxyl groups is 3. The summed E-state index contributed by atoms with van der Waals surface area (Å²) >= 11 is 0. The second-order valence-electron chi connectivity index (χ2n) is 27.2. The number of nitrogens with two attached hydrogens (primary N) is 1. The minimum atomic E-state index is -0.808. The van der Waals surface area contributed by atoms with E-state index in [9.17, 15) is 68.4 Å². The maximum absolute atomic E-state index is 14.7. The molecule has 10 amide bonds. The van der Waals surface area contributed by atoms with Gasteiger partial charge in [0.25, 0.3) is 47.3 Å². The van der Waals surface area contributed by atoms with Crippen molar-refractivity contribution in [3.63, 3.8) is 0 Å². The van der Waals surface area contributed by atoms with Crippen molar-refractivity contribution in [1.82, 2.24) is 92.7 Å². The molecule has 34 heteroatoms. The number of carbonyl (C=O) groups excluding carboxylic acids is 10. The fourth-order valence-corrected chi connectivity index (χ4v) is 13.1. The Morgan fingerprint density at radius 1 is 0.459 bits per heavy atom. The SMILES string of the molecule is Nc1nc(OCc2ccc(CNC(=O)CCCCCCC(=O)NCCCCC3CN4CCNC(=O)c5cccc(c5[O-])C(=O)NCCN(CCNC(=O)c5cccc(c5O)C(=O)N3)CCN3CCNC(=O)c5cccc(c5O)C(=O)NCCN(CCNC(=O)c5cccc(c5O)C(=O)NCC3)CC4)cc2)c2nc[nH]c2n1. The normalized spacial score (nSPS) is 19.3. The predicted molar refractivity (Wildman–Crippen MR) is 407 cm³/mol. The fraction of sp³-hybridized carbons (Fsp3) is 0.416. The highest BCUT2D eigenvalue weighted by Crippen LogP contribution is 2.27. The smallest absolute Gasteiger partial charge is 0.255 e. The Hall–Kier alpha value is -12.0. The molecule has 0 saturated heterocycles. The Balaban J connectivity index is 0.844. The molecule has 34 nitrogen and oxygen atoms in total. The first-order chi connectivity index (χ1) is 53.8. The Kier molecular flexibility index (Phi) is 30.1. The van der Waals surface area contributed by atoms with Crippen LogP contribution in [0, 0.1) is 0 Å². The van der Waals surface area contributed by atoms with Crippen LogP contribution < -0.4 is 68.7 Å². The molecule has 111 heavy (non-hydrogen) atoms. The third-order valence-corrected chi connectivity index (χ3v) is 19.4. The van der Waals surface area contributed by atoms with Gasteiger partial charge in [0.1, 0.15) is 23.9 Å². The van der Waals surface area contributed by atoms with E-state index in [2.05, 4.69) is 73.1 Å². The van der Waals surface area contributed by atoms with E-state index in [4.69, 9.17) is 10.5 Å². The molecule has 12 bridgehead atoms. The summed E-state index contributed by atoms with van der Waals surface area (Å²) in [4.78, 5) is 161. The zero-order valence-corrected chi connectivity index (χ0v) is 61.8. The van der Waals surface area contributed by atoms with E-state index in [-0.39, 0.29) is 206 Å². The van der Waals surface area contributed by atoms with Crippen LogP contribution >= 0.6 is 0 Å². The van der Waals surface area contributed by atoms with Crippen molar-refractivity contribution >= 4 is 76.2 Å². The standard InChI is InChI=1S/C77H97N19O15/c78-77-91-67-62(88-48-89-67)76(92-77)111-47-50-24-22-49(23-25-50)45-87-61(98)21-4-2-1-3-20-60(97)79-26-6-5-11-51-46-96-40-33-86-73(108)57-17-9-16-56(65(57)101)70(105)82-29-36-94(37-30-85-74(109)58-18-10-19-59(66(58)102)75(110)90-51)42-41-93-34-27-80-68(103)52-12-7-14-54(63(52)99)71(106)83-31-38-95(43-44-96)39-32-84-72(107)55-15-8-13-53(64(55)100)69(104)81-28-35-93/h7-10,12-19,22-25,48,51,99-102H,1-6,11,20-21,26-47H2,(H,79,97)(H,80,103)(H,81,104)(H,82,105)(H,83,106)(H,84,107)(H,85,109)(H,86,108)(H,87,98)(H,90,110)(H3,78,88,89,91,92)/p-1. The minimum Gasteiger partial charge on any atom is -0.871 e. The first-order valence-corrected chi connectivity index (χ1v) is 37.4. The van der Waals surface area contributed by atoms with Crippen LogP contribution in [0.25, 0.3) is 11.2 Å². The number of carbonyl (C=O) groups is 10. The summed E-state index contributed by atoms with van der Waals surface area (Å²) in [5.41, 5.74) is 6.90. The van der Waals surface area contributed by atoms with Crippen LogP contribution in [-0.4, -0.2) is 251 Å². The Morgan fingerprint density at radius 2 is 0.838 bits per heavy atom. The van der Waals surface area contributed by atoms with Crippen molar-refractivity contribution in [3.05, 3.63) is 159 Å². The van der Waals surface area contributed by atoms with Crippen molar-refractivity contribution in [2.24, 2.45) is 0 Å². The lowest BCUT2D eigenvalue weighted by molar-refractivity contribution is -0.269. The topological polar surface area (TPSA) is 477 Å². The number of hydrogen-bond donors (Lipinski definition) is 15. The van der Waals surface area contributed by atoms with Crippen molar-refractivity contribution < 1.29 is 73.1 Å². The molecule has 16 N–H and O–H groups in total. The molecule has 0 fully saturated rings. The highest BCUT2D eigenvalue weighted by Gasteiger charge is 2.27. The van der Waals surface area contributed by atoms with Crippen LogP contribution in [0.2, 0.25) is 0 Å². The Morgan fingerprint density at radius 3 is 1.28 bits per heavy atom. The number of para-hydroxylation sites is 4. The molecule has 5 aromatic carbocycles. The van der Waals surface area contributed by atoms with Crippen LogP contribution in [0.3, 0.4) is 0 Å². The summed E-state index contributed by atoms with van der Waals surface area (Å²) < 4.78 is 5.87. The maximum Gasteiger partial charge on any atom is 0.255 e. The second kappa shape index (κ2) is 41.0. The summed E-state index contributed by atoms with van der Waals surface area (Å²) in [7, 11) is 0. The molecular formula is C77H96N19O15-. The highest BCUT2D eigenvalue weighted by molar-refractivity contribution is 6.06. The molecule has 0 radical (unpaired) electrons. The van der Waals surface area contributed by atoms with Crippen LogP contribution in [0.1, 0.15) is 152 Å². The first-order valence-electron chi connectivity index (χ1n) is 37.4. The number of phenolic OH excluding ortho intramolecular Hbond substituents is 3. The molecule has 590 valence electrons. The molecule has 6 heterocycles. The number of amides is 10. The number of nitrogens with one attached hydrogen (secondary N) is 11. The second-order valence-corrected chi connectivity index (χ2v) is 27.2. The third kappa shape index (κ3) is 23.7. The van der Waals surface area contributed by atoms with Crippen LogP contribution in [0.15, 0.2) is 103 Å².